The number of hydrogen-bond acceptors (Lipinski definition) is 2. The second kappa shape index (κ2) is 11.3. The maximum absolute atomic E-state index is 11.6. The van der Waals surface area contributed by atoms with Crippen LogP contribution < -0.4 is 10.6 Å². The molecule has 0 spiro atoms. The number of nitrogens with one attached hydrogen (secondary N) is 2. The van der Waals surface area contributed by atoms with E-state index in [1.165, 1.54) is 18.4 Å². The summed E-state index contributed by atoms with van der Waals surface area (Å²) in [5.74, 6) is 1.86. The second-order valence-corrected chi connectivity index (χ2v) is 6.57. The summed E-state index contributed by atoms with van der Waals surface area (Å²) in [5.41, 5.74) is 2.03. The van der Waals surface area contributed by atoms with Crippen molar-refractivity contribution >= 4 is 41.5 Å². The molecule has 0 bridgehead atoms. The molecule has 1 amide bonds. The maximum atomic E-state index is 11.6. The second-order valence-electron chi connectivity index (χ2n) is 6.57. The van der Waals surface area contributed by atoms with Crippen molar-refractivity contribution in [2.24, 2.45) is 10.9 Å². The van der Waals surface area contributed by atoms with Crippen LogP contribution in [0, 0.1) is 5.92 Å². The number of nitrogens with zero attached hydrogens (tertiary/aromatic N) is 2. The van der Waals surface area contributed by atoms with E-state index < -0.39 is 0 Å². The zero-order valence-corrected chi connectivity index (χ0v) is 17.9. The van der Waals surface area contributed by atoms with Crippen LogP contribution >= 0.6 is 24.0 Å². The Labute approximate surface area is 168 Å². The van der Waals surface area contributed by atoms with Crippen LogP contribution in [-0.4, -0.2) is 36.9 Å². The smallest absolute Gasteiger partial charge is 0.224 e. The van der Waals surface area contributed by atoms with E-state index in [-0.39, 0.29) is 29.9 Å². The van der Waals surface area contributed by atoms with E-state index in [9.17, 15) is 4.79 Å². The van der Waals surface area contributed by atoms with Gasteiger partial charge in [-0.1, -0.05) is 26.0 Å². The Morgan fingerprint density at radius 1 is 1.24 bits per heavy atom. The molecule has 0 aromatic heterocycles. The van der Waals surface area contributed by atoms with Gasteiger partial charge in [-0.3, -0.25) is 9.79 Å². The zero-order chi connectivity index (χ0) is 17.4. The maximum Gasteiger partial charge on any atom is 0.224 e. The van der Waals surface area contributed by atoms with Gasteiger partial charge >= 0.3 is 0 Å². The molecule has 5 nitrogen and oxygen atoms in total. The molecule has 25 heavy (non-hydrogen) atoms. The first kappa shape index (κ1) is 21.7. The van der Waals surface area contributed by atoms with Gasteiger partial charge in [0.2, 0.25) is 5.91 Å². The molecule has 1 aromatic rings. The van der Waals surface area contributed by atoms with Crippen LogP contribution in [0.1, 0.15) is 45.1 Å². The minimum Gasteiger partial charge on any atom is -0.352 e. The van der Waals surface area contributed by atoms with E-state index in [0.717, 1.165) is 43.6 Å². The van der Waals surface area contributed by atoms with Gasteiger partial charge in [0.25, 0.3) is 0 Å². The van der Waals surface area contributed by atoms with Crippen molar-refractivity contribution in [1.82, 2.24) is 10.2 Å². The van der Waals surface area contributed by atoms with Gasteiger partial charge in [-0.05, 0) is 42.9 Å². The number of carbonyl (C=O) groups excluding carboxylic acids is 1. The Morgan fingerprint density at radius 2 is 1.88 bits per heavy atom. The molecule has 1 aliphatic heterocycles. The van der Waals surface area contributed by atoms with Crippen LogP contribution in [0.25, 0.3) is 0 Å². The molecule has 0 radical (unpaired) electrons. The molecule has 6 heteroatoms. The SMILES string of the molecule is CCCC(=O)Nc1ccc(CNC(=NC)N2CCC(C)CC2)cc1.I. The molecular formula is C19H31IN4O. The summed E-state index contributed by atoms with van der Waals surface area (Å²) >= 11 is 0. The van der Waals surface area contributed by atoms with Gasteiger partial charge in [0.05, 0.1) is 0 Å². The average molecular weight is 458 g/mol. The number of amides is 1. The molecular weight excluding hydrogens is 427 g/mol. The monoisotopic (exact) mass is 458 g/mol. The third-order valence-electron chi connectivity index (χ3n) is 4.46. The Morgan fingerprint density at radius 3 is 2.44 bits per heavy atom. The lowest BCUT2D eigenvalue weighted by atomic mass is 9.99. The van der Waals surface area contributed by atoms with Crippen LogP contribution in [0.4, 0.5) is 5.69 Å². The molecule has 0 saturated carbocycles. The molecule has 1 fully saturated rings. The van der Waals surface area contributed by atoms with Crippen LogP contribution in [-0.2, 0) is 11.3 Å². The standard InChI is InChI=1S/C19H30N4O.HI/c1-4-5-18(24)22-17-8-6-16(7-9-17)14-21-19(20-3)23-12-10-15(2)11-13-23;/h6-9,15H,4-5,10-14H2,1-3H3,(H,20,21)(H,22,24);1H. The van der Waals surface area contributed by atoms with Crippen molar-refractivity contribution in [1.29, 1.82) is 0 Å². The summed E-state index contributed by atoms with van der Waals surface area (Å²) in [5, 5.41) is 6.35. The van der Waals surface area contributed by atoms with Crippen LogP contribution in [0.15, 0.2) is 29.3 Å². The van der Waals surface area contributed by atoms with Gasteiger partial charge in [-0.15, -0.1) is 24.0 Å². The number of aliphatic imine (C=N–C) groups is 1. The normalized spacial score (nSPS) is 15.5. The van der Waals surface area contributed by atoms with E-state index in [2.05, 4.69) is 27.4 Å². The first-order chi connectivity index (χ1) is 11.6. The molecule has 2 rings (SSSR count). The highest BCUT2D eigenvalue weighted by molar-refractivity contribution is 14.0. The zero-order valence-electron chi connectivity index (χ0n) is 15.5. The van der Waals surface area contributed by atoms with Crippen molar-refractivity contribution in [3.8, 4) is 0 Å². The Kier molecular flexibility index (Phi) is 9.85. The lowest BCUT2D eigenvalue weighted by molar-refractivity contribution is -0.116. The first-order valence-corrected chi connectivity index (χ1v) is 8.96. The number of likely N-dealkylation sites (tertiary alicyclic amines) is 1. The number of carbonyl (C=O) groups is 1. The Hall–Kier alpha value is -1.31. The van der Waals surface area contributed by atoms with Crippen molar-refractivity contribution in [2.45, 2.75) is 46.1 Å². The topological polar surface area (TPSA) is 56.7 Å². The lowest BCUT2D eigenvalue weighted by Crippen LogP contribution is -2.45. The summed E-state index contributed by atoms with van der Waals surface area (Å²) in [6, 6.07) is 7.99. The van der Waals surface area contributed by atoms with Gasteiger partial charge in [-0.25, -0.2) is 0 Å². The molecule has 1 heterocycles. The highest BCUT2D eigenvalue weighted by Gasteiger charge is 2.18. The predicted molar refractivity (Wildman–Crippen MR) is 116 cm³/mol. The predicted octanol–water partition coefficient (Wildman–Crippen LogP) is 3.85. The number of benzene rings is 1. The number of rotatable bonds is 5. The van der Waals surface area contributed by atoms with Crippen LogP contribution in [0.2, 0.25) is 0 Å². The Balaban J connectivity index is 0.00000312. The molecule has 140 valence electrons. The van der Waals surface area contributed by atoms with Crippen molar-refractivity contribution < 1.29 is 4.79 Å². The van der Waals surface area contributed by atoms with E-state index in [0.29, 0.717) is 6.42 Å². The van der Waals surface area contributed by atoms with Gasteiger partial charge in [0.1, 0.15) is 0 Å². The van der Waals surface area contributed by atoms with E-state index >= 15 is 0 Å². The summed E-state index contributed by atoms with van der Waals surface area (Å²) in [7, 11) is 1.84. The largest absolute Gasteiger partial charge is 0.352 e. The third kappa shape index (κ3) is 7.22. The van der Waals surface area contributed by atoms with E-state index in [4.69, 9.17) is 0 Å². The van der Waals surface area contributed by atoms with Crippen molar-refractivity contribution in [3.05, 3.63) is 29.8 Å². The Bertz CT molecular complexity index is 551. The molecule has 0 atom stereocenters. The number of piperidine rings is 1. The fourth-order valence-electron chi connectivity index (χ4n) is 2.89. The number of anilines is 1. The summed E-state index contributed by atoms with van der Waals surface area (Å²) in [6.07, 6.45) is 3.88. The fraction of sp³-hybridized carbons (Fsp3) is 0.579. The highest BCUT2D eigenvalue weighted by atomic mass is 127. The van der Waals surface area contributed by atoms with Crippen molar-refractivity contribution in [2.75, 3.05) is 25.5 Å². The van der Waals surface area contributed by atoms with Gasteiger partial charge in [-0.2, -0.15) is 0 Å². The average Bonchev–Trinajstić information content (AvgIpc) is 2.58. The molecule has 0 aliphatic carbocycles. The fourth-order valence-corrected chi connectivity index (χ4v) is 2.89. The molecule has 1 aliphatic rings. The number of hydrogen-bond donors (Lipinski definition) is 2. The van der Waals surface area contributed by atoms with Gasteiger partial charge in [0, 0.05) is 38.8 Å². The third-order valence-corrected chi connectivity index (χ3v) is 4.46. The van der Waals surface area contributed by atoms with Gasteiger partial charge in [0.15, 0.2) is 5.96 Å². The number of halogens is 1. The summed E-state index contributed by atoms with van der Waals surface area (Å²) in [4.78, 5) is 18.3. The molecule has 1 saturated heterocycles. The quantitative estimate of drug-likeness (QED) is 0.401. The van der Waals surface area contributed by atoms with Crippen LogP contribution in [0.5, 0.6) is 0 Å². The van der Waals surface area contributed by atoms with Gasteiger partial charge < -0.3 is 15.5 Å². The molecule has 0 unspecified atom stereocenters. The molecule has 2 N–H and O–H groups in total. The lowest BCUT2D eigenvalue weighted by Gasteiger charge is -2.32. The van der Waals surface area contributed by atoms with Crippen LogP contribution in [0.3, 0.4) is 0 Å². The molecule has 1 aromatic carbocycles. The minimum atomic E-state index is 0. The highest BCUT2D eigenvalue weighted by Crippen LogP contribution is 2.16. The van der Waals surface area contributed by atoms with Crippen molar-refractivity contribution in [3.63, 3.8) is 0 Å². The van der Waals surface area contributed by atoms with E-state index in [1.807, 2.05) is 38.2 Å². The number of guanidine groups is 1. The summed E-state index contributed by atoms with van der Waals surface area (Å²) < 4.78 is 0. The first-order valence-electron chi connectivity index (χ1n) is 8.96. The van der Waals surface area contributed by atoms with E-state index in [1.54, 1.807) is 0 Å². The summed E-state index contributed by atoms with van der Waals surface area (Å²) in [6.45, 7) is 7.20. The minimum absolute atomic E-state index is 0.